The molecule has 0 unspecified atom stereocenters. The van der Waals surface area contributed by atoms with Crippen LogP contribution >= 0.6 is 43.6 Å². The highest BCUT2D eigenvalue weighted by atomic mass is 79.9. The van der Waals surface area contributed by atoms with Crippen LogP contribution in [0.4, 0.5) is 5.82 Å². The molecule has 0 bridgehead atoms. The van der Waals surface area contributed by atoms with Crippen LogP contribution in [0.3, 0.4) is 0 Å². The minimum Gasteiger partial charge on any atom is -0.446 e. The Balaban J connectivity index is 1.66. The number of amides is 1. The minimum absolute atomic E-state index is 0.159. The van der Waals surface area contributed by atoms with Crippen LogP contribution in [-0.2, 0) is 11.3 Å². The first-order valence-corrected chi connectivity index (χ1v) is 9.87. The number of pyridine rings is 1. The molecule has 0 saturated heterocycles. The Labute approximate surface area is 164 Å². The van der Waals surface area contributed by atoms with E-state index in [1.54, 1.807) is 18.3 Å². The number of carbonyl (C=O) groups excluding carboxylic acids is 1. The normalized spacial score (nSPS) is 10.8. The third-order valence-corrected chi connectivity index (χ3v) is 5.02. The Kier molecular flexibility index (Phi) is 5.92. The van der Waals surface area contributed by atoms with Crippen molar-refractivity contribution >= 4 is 55.3 Å². The maximum Gasteiger partial charge on any atom is 0.236 e. The summed E-state index contributed by atoms with van der Waals surface area (Å²) in [5.41, 5.74) is 0. The maximum absolute atomic E-state index is 12.1. The van der Waals surface area contributed by atoms with Crippen LogP contribution in [0, 0.1) is 0 Å². The molecule has 10 heteroatoms. The monoisotopic (exact) mass is 485 g/mol. The maximum atomic E-state index is 12.1. The Morgan fingerprint density at radius 1 is 1.28 bits per heavy atom. The predicted octanol–water partition coefficient (Wildman–Crippen LogP) is 4.21. The Hall–Kier alpha value is -1.65. The lowest BCUT2D eigenvalue weighted by atomic mass is 10.4. The number of nitrogens with one attached hydrogen (secondary N) is 1. The van der Waals surface area contributed by atoms with Gasteiger partial charge in [-0.25, -0.2) is 4.98 Å². The van der Waals surface area contributed by atoms with Crippen LogP contribution in [0.2, 0.25) is 0 Å². The molecule has 1 amide bonds. The molecule has 3 aromatic heterocycles. The molecule has 130 valence electrons. The molecule has 7 nitrogen and oxygen atoms in total. The lowest BCUT2D eigenvalue weighted by molar-refractivity contribution is -0.113. The van der Waals surface area contributed by atoms with E-state index in [1.807, 2.05) is 23.6 Å². The van der Waals surface area contributed by atoms with Gasteiger partial charge >= 0.3 is 0 Å². The first kappa shape index (κ1) is 18.2. The molecular formula is C15H13Br2N5O2S. The summed E-state index contributed by atoms with van der Waals surface area (Å²) in [5, 5.41) is 11.7. The molecule has 0 aliphatic carbocycles. The second kappa shape index (κ2) is 8.15. The van der Waals surface area contributed by atoms with Gasteiger partial charge in [0.2, 0.25) is 11.7 Å². The second-order valence-electron chi connectivity index (χ2n) is 4.85. The number of halogens is 2. The van der Waals surface area contributed by atoms with Gasteiger partial charge in [-0.3, -0.25) is 9.36 Å². The fraction of sp³-hybridized carbons (Fsp3) is 0.200. The molecule has 0 aromatic carbocycles. The number of thioether (sulfide) groups is 1. The van der Waals surface area contributed by atoms with Crippen LogP contribution in [-0.4, -0.2) is 31.4 Å². The van der Waals surface area contributed by atoms with E-state index < -0.39 is 0 Å². The van der Waals surface area contributed by atoms with Crippen molar-refractivity contribution in [3.63, 3.8) is 0 Å². The van der Waals surface area contributed by atoms with Gasteiger partial charge in [-0.2, -0.15) is 0 Å². The third-order valence-electron chi connectivity index (χ3n) is 3.15. The van der Waals surface area contributed by atoms with Crippen LogP contribution < -0.4 is 5.32 Å². The number of rotatable bonds is 6. The van der Waals surface area contributed by atoms with E-state index in [2.05, 4.69) is 52.4 Å². The zero-order valence-electron chi connectivity index (χ0n) is 13.1. The molecule has 0 fully saturated rings. The van der Waals surface area contributed by atoms with Crippen molar-refractivity contribution in [1.82, 2.24) is 19.7 Å². The fourth-order valence-electron chi connectivity index (χ4n) is 2.06. The quantitative estimate of drug-likeness (QED) is 0.525. The third kappa shape index (κ3) is 4.50. The van der Waals surface area contributed by atoms with E-state index in [9.17, 15) is 4.79 Å². The molecular weight excluding hydrogens is 474 g/mol. The van der Waals surface area contributed by atoms with Gasteiger partial charge < -0.3 is 9.73 Å². The van der Waals surface area contributed by atoms with Gasteiger partial charge in [0.25, 0.3) is 0 Å². The number of hydrogen-bond acceptors (Lipinski definition) is 6. The summed E-state index contributed by atoms with van der Waals surface area (Å²) >= 11 is 7.89. The SMILES string of the molecule is CCn1c(SCC(=O)Nc2ccc(Br)cn2)nnc1-c1ccc(Br)o1. The van der Waals surface area contributed by atoms with Crippen LogP contribution in [0.15, 0.2) is 49.2 Å². The zero-order chi connectivity index (χ0) is 17.8. The van der Waals surface area contributed by atoms with Crippen molar-refractivity contribution in [2.45, 2.75) is 18.6 Å². The van der Waals surface area contributed by atoms with Crippen molar-refractivity contribution < 1.29 is 9.21 Å². The number of carbonyl (C=O) groups is 1. The van der Waals surface area contributed by atoms with Gasteiger partial charge in [-0.15, -0.1) is 10.2 Å². The second-order valence-corrected chi connectivity index (χ2v) is 7.49. The molecule has 0 spiro atoms. The zero-order valence-corrected chi connectivity index (χ0v) is 17.1. The molecule has 3 rings (SSSR count). The smallest absolute Gasteiger partial charge is 0.236 e. The van der Waals surface area contributed by atoms with Gasteiger partial charge in [0.05, 0.1) is 5.75 Å². The van der Waals surface area contributed by atoms with Gasteiger partial charge in [0.1, 0.15) is 5.82 Å². The first-order valence-electron chi connectivity index (χ1n) is 7.30. The fourth-order valence-corrected chi connectivity index (χ4v) is 3.40. The average molecular weight is 487 g/mol. The summed E-state index contributed by atoms with van der Waals surface area (Å²) in [7, 11) is 0. The molecule has 0 saturated carbocycles. The molecule has 0 atom stereocenters. The number of aromatic nitrogens is 4. The number of nitrogens with zero attached hydrogens (tertiary/aromatic N) is 4. The Bertz CT molecular complexity index is 878. The molecule has 3 aromatic rings. The molecule has 0 aliphatic rings. The van der Waals surface area contributed by atoms with E-state index in [0.717, 1.165) is 4.47 Å². The van der Waals surface area contributed by atoms with Crippen LogP contribution in [0.25, 0.3) is 11.6 Å². The Morgan fingerprint density at radius 2 is 2.12 bits per heavy atom. The summed E-state index contributed by atoms with van der Waals surface area (Å²) in [6.45, 7) is 2.65. The molecule has 3 heterocycles. The van der Waals surface area contributed by atoms with Crippen molar-refractivity contribution in [3.8, 4) is 11.6 Å². The van der Waals surface area contributed by atoms with Crippen molar-refractivity contribution in [2.75, 3.05) is 11.1 Å². The number of hydrogen-bond donors (Lipinski definition) is 1. The summed E-state index contributed by atoms with van der Waals surface area (Å²) < 4.78 is 8.92. The highest BCUT2D eigenvalue weighted by Crippen LogP contribution is 2.27. The summed E-state index contributed by atoms with van der Waals surface area (Å²) in [6.07, 6.45) is 1.63. The topological polar surface area (TPSA) is 85.8 Å². The van der Waals surface area contributed by atoms with Gasteiger partial charge in [0, 0.05) is 17.2 Å². The van der Waals surface area contributed by atoms with E-state index in [-0.39, 0.29) is 11.7 Å². The first-order chi connectivity index (χ1) is 12.1. The van der Waals surface area contributed by atoms with Gasteiger partial charge in [0.15, 0.2) is 15.6 Å². The lowest BCUT2D eigenvalue weighted by Gasteiger charge is -2.06. The minimum atomic E-state index is -0.159. The van der Waals surface area contributed by atoms with Crippen molar-refractivity contribution in [1.29, 1.82) is 0 Å². The van der Waals surface area contributed by atoms with Gasteiger partial charge in [-0.05, 0) is 63.0 Å². The average Bonchev–Trinajstić information content (AvgIpc) is 3.20. The van der Waals surface area contributed by atoms with E-state index in [0.29, 0.717) is 33.8 Å². The molecule has 0 radical (unpaired) electrons. The lowest BCUT2D eigenvalue weighted by Crippen LogP contribution is -2.15. The highest BCUT2D eigenvalue weighted by Gasteiger charge is 2.17. The van der Waals surface area contributed by atoms with Crippen molar-refractivity contribution in [3.05, 3.63) is 39.6 Å². The standard InChI is InChI=1S/C15H13Br2N5O2S/c1-2-22-14(10-4-5-11(17)24-10)20-21-15(22)25-8-13(23)19-12-6-3-9(16)7-18-12/h3-7H,2,8H2,1H3,(H,18,19,23). The van der Waals surface area contributed by atoms with E-state index >= 15 is 0 Å². The number of furan rings is 1. The predicted molar refractivity (Wildman–Crippen MR) is 102 cm³/mol. The van der Waals surface area contributed by atoms with E-state index in [4.69, 9.17) is 4.42 Å². The molecule has 1 N–H and O–H groups in total. The van der Waals surface area contributed by atoms with Crippen LogP contribution in [0.5, 0.6) is 0 Å². The van der Waals surface area contributed by atoms with Crippen molar-refractivity contribution in [2.24, 2.45) is 0 Å². The van der Waals surface area contributed by atoms with E-state index in [1.165, 1.54) is 11.8 Å². The highest BCUT2D eigenvalue weighted by molar-refractivity contribution is 9.10. The van der Waals surface area contributed by atoms with Gasteiger partial charge in [-0.1, -0.05) is 11.8 Å². The summed E-state index contributed by atoms with van der Waals surface area (Å²) in [6, 6.07) is 7.17. The molecule has 25 heavy (non-hydrogen) atoms. The Morgan fingerprint density at radius 3 is 2.76 bits per heavy atom. The largest absolute Gasteiger partial charge is 0.446 e. The molecule has 0 aliphatic heterocycles. The summed E-state index contributed by atoms with van der Waals surface area (Å²) in [4.78, 5) is 16.2. The summed E-state index contributed by atoms with van der Waals surface area (Å²) in [5.74, 6) is 1.81. The van der Waals surface area contributed by atoms with Crippen LogP contribution in [0.1, 0.15) is 6.92 Å². The number of anilines is 1.